The second-order valence-corrected chi connectivity index (χ2v) is 7.86. The highest BCUT2D eigenvalue weighted by Gasteiger charge is 2.18. The van der Waals surface area contributed by atoms with Gasteiger partial charge in [0.05, 0.1) is 23.6 Å². The second kappa shape index (κ2) is 9.05. The smallest absolute Gasteiger partial charge is 0.270 e. The minimum absolute atomic E-state index is 0.0558. The third kappa shape index (κ3) is 4.39. The summed E-state index contributed by atoms with van der Waals surface area (Å²) in [5.41, 5.74) is 4.24. The molecule has 164 valence electrons. The predicted molar refractivity (Wildman–Crippen MR) is 122 cm³/mol. The molecule has 2 amide bonds. The average Bonchev–Trinajstić information content (AvgIpc) is 3.44. The zero-order chi connectivity index (χ0) is 22.7. The highest BCUT2D eigenvalue weighted by Crippen LogP contribution is 2.14. The zero-order valence-corrected chi connectivity index (χ0v) is 18.4. The summed E-state index contributed by atoms with van der Waals surface area (Å²) in [7, 11) is 0. The van der Waals surface area contributed by atoms with Crippen LogP contribution in [0.3, 0.4) is 0 Å². The maximum absolute atomic E-state index is 12.9. The molecule has 0 radical (unpaired) electrons. The van der Waals surface area contributed by atoms with Gasteiger partial charge in [-0.2, -0.15) is 5.10 Å². The Hall–Kier alpha value is -3.94. The number of aryl methyl sites for hydroxylation is 1. The second-order valence-electron chi connectivity index (χ2n) is 7.86. The third-order valence-electron chi connectivity index (χ3n) is 5.36. The van der Waals surface area contributed by atoms with Crippen LogP contribution >= 0.6 is 0 Å². The quantitative estimate of drug-likeness (QED) is 0.471. The summed E-state index contributed by atoms with van der Waals surface area (Å²) in [5, 5.41) is 10.2. The van der Waals surface area contributed by atoms with Crippen molar-refractivity contribution in [3.05, 3.63) is 83.6 Å². The van der Waals surface area contributed by atoms with Crippen LogP contribution < -0.4 is 10.6 Å². The van der Waals surface area contributed by atoms with Crippen LogP contribution in [0, 0.1) is 6.92 Å². The van der Waals surface area contributed by atoms with Crippen LogP contribution in [0.4, 0.5) is 0 Å². The standard InChI is InChI=1S/C24H26N6O2/c1-4-17(3)28-24(32)21-14-25-22-20(9-6-10-29(21)22)23(31)26-12-18-13-27-30(15-18)19-8-5-7-16(2)11-19/h5-11,13-15,17H,4,12H2,1-3H3,(H,26,31)(H,28,32). The van der Waals surface area contributed by atoms with Gasteiger partial charge in [-0.25, -0.2) is 9.67 Å². The Morgan fingerprint density at radius 1 is 1.12 bits per heavy atom. The Morgan fingerprint density at radius 3 is 2.75 bits per heavy atom. The number of fused-ring (bicyclic) bond motifs is 1. The van der Waals surface area contributed by atoms with Gasteiger partial charge in [-0.15, -0.1) is 0 Å². The van der Waals surface area contributed by atoms with E-state index in [1.165, 1.54) is 6.20 Å². The Morgan fingerprint density at radius 2 is 1.97 bits per heavy atom. The molecule has 8 heteroatoms. The van der Waals surface area contributed by atoms with Crippen molar-refractivity contribution in [1.29, 1.82) is 0 Å². The van der Waals surface area contributed by atoms with E-state index in [4.69, 9.17) is 0 Å². The molecule has 1 aromatic carbocycles. The third-order valence-corrected chi connectivity index (χ3v) is 5.36. The molecule has 1 atom stereocenters. The fourth-order valence-corrected chi connectivity index (χ4v) is 3.40. The van der Waals surface area contributed by atoms with E-state index in [2.05, 4.69) is 20.7 Å². The molecule has 4 aromatic rings. The number of carbonyl (C=O) groups is 2. The first kappa shape index (κ1) is 21.3. The average molecular weight is 431 g/mol. The van der Waals surface area contributed by atoms with Gasteiger partial charge in [0.25, 0.3) is 11.8 Å². The van der Waals surface area contributed by atoms with Crippen LogP contribution in [0.5, 0.6) is 0 Å². The van der Waals surface area contributed by atoms with E-state index >= 15 is 0 Å². The molecule has 0 spiro atoms. The molecule has 0 aliphatic rings. The summed E-state index contributed by atoms with van der Waals surface area (Å²) in [6.45, 7) is 6.31. The number of carbonyl (C=O) groups excluding carboxylic acids is 2. The van der Waals surface area contributed by atoms with Crippen LogP contribution in [0.25, 0.3) is 11.3 Å². The molecule has 0 bridgehead atoms. The lowest BCUT2D eigenvalue weighted by molar-refractivity contribution is 0.0928. The molecule has 8 nitrogen and oxygen atoms in total. The van der Waals surface area contributed by atoms with Crippen molar-refractivity contribution in [2.75, 3.05) is 0 Å². The molecule has 3 aromatic heterocycles. The highest BCUT2D eigenvalue weighted by molar-refractivity contribution is 6.01. The van der Waals surface area contributed by atoms with Gasteiger partial charge in [-0.1, -0.05) is 19.1 Å². The molecule has 1 unspecified atom stereocenters. The molecule has 32 heavy (non-hydrogen) atoms. The number of nitrogens with one attached hydrogen (secondary N) is 2. The van der Waals surface area contributed by atoms with Gasteiger partial charge in [0.15, 0.2) is 0 Å². The fourth-order valence-electron chi connectivity index (χ4n) is 3.40. The van der Waals surface area contributed by atoms with Crippen LogP contribution in [0.15, 0.2) is 61.2 Å². The first-order chi connectivity index (χ1) is 15.5. The van der Waals surface area contributed by atoms with Crippen molar-refractivity contribution in [2.24, 2.45) is 0 Å². The SMILES string of the molecule is CCC(C)NC(=O)c1cnc2c(C(=O)NCc3cnn(-c4cccc(C)c4)c3)cccn12. The summed E-state index contributed by atoms with van der Waals surface area (Å²) in [6.07, 6.45) is 7.68. The van der Waals surface area contributed by atoms with Crippen molar-refractivity contribution in [3.63, 3.8) is 0 Å². The van der Waals surface area contributed by atoms with E-state index in [-0.39, 0.29) is 17.9 Å². The first-order valence-electron chi connectivity index (χ1n) is 10.6. The summed E-state index contributed by atoms with van der Waals surface area (Å²) in [4.78, 5) is 29.7. The van der Waals surface area contributed by atoms with E-state index in [1.54, 1.807) is 33.6 Å². The molecule has 0 saturated carbocycles. The monoisotopic (exact) mass is 430 g/mol. The van der Waals surface area contributed by atoms with Crippen molar-refractivity contribution in [3.8, 4) is 5.69 Å². The molecule has 0 saturated heterocycles. The Bertz CT molecular complexity index is 1270. The van der Waals surface area contributed by atoms with Gasteiger partial charge >= 0.3 is 0 Å². The highest BCUT2D eigenvalue weighted by atomic mass is 16.2. The number of hydrogen-bond donors (Lipinski definition) is 2. The molecule has 0 aliphatic carbocycles. The van der Waals surface area contributed by atoms with E-state index in [1.807, 2.05) is 51.2 Å². The Balaban J connectivity index is 1.48. The molecule has 3 heterocycles. The number of benzene rings is 1. The lowest BCUT2D eigenvalue weighted by Crippen LogP contribution is -2.32. The van der Waals surface area contributed by atoms with E-state index in [0.717, 1.165) is 23.2 Å². The maximum atomic E-state index is 12.9. The zero-order valence-electron chi connectivity index (χ0n) is 18.4. The number of imidazole rings is 1. The van der Waals surface area contributed by atoms with Crippen LogP contribution in [0.1, 0.15) is 52.2 Å². The molecule has 0 aliphatic heterocycles. The van der Waals surface area contributed by atoms with Crippen molar-refractivity contribution < 1.29 is 9.59 Å². The fraction of sp³-hybridized carbons (Fsp3) is 0.250. The molecule has 0 fully saturated rings. The number of pyridine rings is 1. The summed E-state index contributed by atoms with van der Waals surface area (Å²) in [5.74, 6) is -0.480. The summed E-state index contributed by atoms with van der Waals surface area (Å²) >= 11 is 0. The minimum atomic E-state index is -0.265. The van der Waals surface area contributed by atoms with Gasteiger partial charge in [0, 0.05) is 30.5 Å². The van der Waals surface area contributed by atoms with E-state index < -0.39 is 0 Å². The van der Waals surface area contributed by atoms with E-state index in [0.29, 0.717) is 23.4 Å². The normalized spacial score (nSPS) is 12.0. The lowest BCUT2D eigenvalue weighted by Gasteiger charge is -2.11. The van der Waals surface area contributed by atoms with Crippen LogP contribution in [-0.4, -0.2) is 37.0 Å². The van der Waals surface area contributed by atoms with Gasteiger partial charge in [-0.05, 0) is 50.1 Å². The molecule has 4 rings (SSSR count). The van der Waals surface area contributed by atoms with Gasteiger partial charge in [-0.3, -0.25) is 14.0 Å². The largest absolute Gasteiger partial charge is 0.348 e. The van der Waals surface area contributed by atoms with Crippen molar-refractivity contribution in [1.82, 2.24) is 29.8 Å². The van der Waals surface area contributed by atoms with Crippen LogP contribution in [-0.2, 0) is 6.54 Å². The Kier molecular flexibility index (Phi) is 6.02. The molecule has 2 N–H and O–H groups in total. The number of nitrogens with zero attached hydrogens (tertiary/aromatic N) is 4. The first-order valence-corrected chi connectivity index (χ1v) is 10.6. The molecular formula is C24H26N6O2. The van der Waals surface area contributed by atoms with Crippen molar-refractivity contribution in [2.45, 2.75) is 39.8 Å². The van der Waals surface area contributed by atoms with Crippen molar-refractivity contribution >= 4 is 17.5 Å². The van der Waals surface area contributed by atoms with Gasteiger partial charge < -0.3 is 10.6 Å². The number of rotatable bonds is 7. The molecular weight excluding hydrogens is 404 g/mol. The summed E-state index contributed by atoms with van der Waals surface area (Å²) < 4.78 is 3.42. The maximum Gasteiger partial charge on any atom is 0.270 e. The predicted octanol–water partition coefficient (Wildman–Crippen LogP) is 3.29. The Labute approximate surface area is 186 Å². The van der Waals surface area contributed by atoms with Crippen LogP contribution in [0.2, 0.25) is 0 Å². The minimum Gasteiger partial charge on any atom is -0.348 e. The van der Waals surface area contributed by atoms with E-state index in [9.17, 15) is 9.59 Å². The number of hydrogen-bond acceptors (Lipinski definition) is 4. The van der Waals surface area contributed by atoms with Gasteiger partial charge in [0.1, 0.15) is 11.3 Å². The number of aromatic nitrogens is 4. The lowest BCUT2D eigenvalue weighted by atomic mass is 10.2. The topological polar surface area (TPSA) is 93.3 Å². The number of amides is 2. The van der Waals surface area contributed by atoms with Gasteiger partial charge in [0.2, 0.25) is 0 Å². The summed E-state index contributed by atoms with van der Waals surface area (Å²) in [6, 6.07) is 11.5.